The molecule has 3 aromatic rings. The predicted octanol–water partition coefficient (Wildman–Crippen LogP) is 3.41. The number of benzene rings is 1. The molecule has 0 saturated carbocycles. The third-order valence-electron chi connectivity index (χ3n) is 2.63. The molecular weight excluding hydrogens is 359 g/mol. The van der Waals surface area contributed by atoms with Gasteiger partial charge in [0.2, 0.25) is 4.96 Å². The Morgan fingerprint density at radius 2 is 2.11 bits per heavy atom. The zero-order valence-corrected chi connectivity index (χ0v) is 12.8. The van der Waals surface area contributed by atoms with Crippen LogP contribution in [0.15, 0.2) is 24.3 Å². The van der Waals surface area contributed by atoms with Gasteiger partial charge >= 0.3 is 0 Å². The van der Waals surface area contributed by atoms with E-state index in [9.17, 15) is 0 Å². The van der Waals surface area contributed by atoms with Crippen LogP contribution in [-0.2, 0) is 6.42 Å². The van der Waals surface area contributed by atoms with E-state index in [0.29, 0.717) is 0 Å². The summed E-state index contributed by atoms with van der Waals surface area (Å²) in [6.45, 7) is 2.13. The van der Waals surface area contributed by atoms with Crippen molar-refractivity contribution in [2.24, 2.45) is 0 Å². The van der Waals surface area contributed by atoms with Gasteiger partial charge in [-0.05, 0) is 35.1 Å². The molecule has 0 unspecified atom stereocenters. The van der Waals surface area contributed by atoms with Crippen molar-refractivity contribution in [2.75, 3.05) is 0 Å². The quantitative estimate of drug-likeness (QED) is 0.664. The van der Waals surface area contributed by atoms with E-state index in [4.69, 9.17) is 0 Å². The lowest BCUT2D eigenvalue weighted by atomic mass is 10.2. The van der Waals surface area contributed by atoms with Crippen LogP contribution in [0.3, 0.4) is 0 Å². The lowest BCUT2D eigenvalue weighted by Gasteiger charge is -1.98. The first kappa shape index (κ1) is 12.0. The maximum Gasteiger partial charge on any atom is 0.234 e. The van der Waals surface area contributed by atoms with Crippen molar-refractivity contribution in [1.82, 2.24) is 19.8 Å². The Bertz CT molecular complexity index is 688. The van der Waals surface area contributed by atoms with Crippen LogP contribution in [0.5, 0.6) is 0 Å². The Hall–Kier alpha value is -1.02. The molecule has 18 heavy (non-hydrogen) atoms. The Kier molecular flexibility index (Phi) is 3.29. The molecule has 0 aliphatic rings. The third-order valence-corrected chi connectivity index (χ3v) is 4.51. The van der Waals surface area contributed by atoms with Crippen LogP contribution in [-0.4, -0.2) is 19.8 Å². The predicted molar refractivity (Wildman–Crippen MR) is 80.8 cm³/mol. The minimum atomic E-state index is 0.869. The summed E-state index contributed by atoms with van der Waals surface area (Å²) in [4.78, 5) is 0.869. The summed E-state index contributed by atoms with van der Waals surface area (Å²) in [6, 6.07) is 8.25. The second kappa shape index (κ2) is 4.93. The maximum atomic E-state index is 4.63. The lowest BCUT2D eigenvalue weighted by Crippen LogP contribution is -1.95. The Labute approximate surface area is 122 Å². The first-order chi connectivity index (χ1) is 8.79. The van der Waals surface area contributed by atoms with Crippen LogP contribution in [0.4, 0.5) is 0 Å². The highest BCUT2D eigenvalue weighted by molar-refractivity contribution is 14.1. The molecule has 0 fully saturated rings. The molecule has 0 spiro atoms. The van der Waals surface area contributed by atoms with Crippen LogP contribution < -0.4 is 0 Å². The maximum absolute atomic E-state index is 4.63. The fourth-order valence-electron chi connectivity index (χ4n) is 1.78. The van der Waals surface area contributed by atoms with Gasteiger partial charge in [-0.1, -0.05) is 36.5 Å². The number of fused-ring (bicyclic) bond motifs is 1. The first-order valence-electron chi connectivity index (χ1n) is 5.75. The van der Waals surface area contributed by atoms with E-state index in [-0.39, 0.29) is 0 Å². The zero-order valence-electron chi connectivity index (χ0n) is 9.80. The molecule has 0 aliphatic carbocycles. The molecule has 2 aromatic heterocycles. The van der Waals surface area contributed by atoms with Gasteiger partial charge in [-0.2, -0.15) is 9.61 Å². The summed E-state index contributed by atoms with van der Waals surface area (Å²) in [7, 11) is 0. The largest absolute Gasteiger partial charge is 0.234 e. The normalized spacial score (nSPS) is 11.2. The van der Waals surface area contributed by atoms with E-state index in [1.165, 1.54) is 3.57 Å². The average Bonchev–Trinajstić information content (AvgIpc) is 2.92. The van der Waals surface area contributed by atoms with Crippen molar-refractivity contribution < 1.29 is 0 Å². The highest BCUT2D eigenvalue weighted by Gasteiger charge is 2.13. The second-order valence-electron chi connectivity index (χ2n) is 3.95. The standard InChI is InChI=1S/C12H11IN4S/c1-2-5-10-14-15-12-17(10)16-11(18-12)8-6-3-4-7-9(8)13/h3-4,6-7H,2,5H2,1H3. The Balaban J connectivity index is 2.11. The smallest absolute Gasteiger partial charge is 0.187 e. The molecule has 3 rings (SSSR count). The molecule has 4 nitrogen and oxygen atoms in total. The fourth-order valence-corrected chi connectivity index (χ4v) is 3.50. The third kappa shape index (κ3) is 2.03. The summed E-state index contributed by atoms with van der Waals surface area (Å²) in [5.41, 5.74) is 1.16. The lowest BCUT2D eigenvalue weighted by molar-refractivity contribution is 0.778. The van der Waals surface area contributed by atoms with E-state index < -0.39 is 0 Å². The Morgan fingerprint density at radius 3 is 2.89 bits per heavy atom. The number of aromatic nitrogens is 4. The van der Waals surface area contributed by atoms with E-state index in [2.05, 4.69) is 56.9 Å². The molecule has 0 radical (unpaired) electrons. The Morgan fingerprint density at radius 1 is 1.28 bits per heavy atom. The van der Waals surface area contributed by atoms with Crippen molar-refractivity contribution >= 4 is 38.9 Å². The number of nitrogens with zero attached hydrogens (tertiary/aromatic N) is 4. The van der Waals surface area contributed by atoms with Crippen LogP contribution in [0, 0.1) is 3.57 Å². The van der Waals surface area contributed by atoms with Gasteiger partial charge in [0, 0.05) is 15.6 Å². The van der Waals surface area contributed by atoms with Crippen molar-refractivity contribution in [2.45, 2.75) is 19.8 Å². The zero-order chi connectivity index (χ0) is 12.5. The summed E-state index contributed by atoms with van der Waals surface area (Å²) < 4.78 is 3.07. The first-order valence-corrected chi connectivity index (χ1v) is 7.65. The van der Waals surface area contributed by atoms with Crippen LogP contribution in [0.25, 0.3) is 15.5 Å². The van der Waals surface area contributed by atoms with E-state index in [1.54, 1.807) is 11.3 Å². The molecule has 6 heteroatoms. The molecule has 2 heterocycles. The van der Waals surface area contributed by atoms with Crippen LogP contribution >= 0.6 is 33.9 Å². The molecule has 0 aliphatic heterocycles. The van der Waals surface area contributed by atoms with Crippen molar-refractivity contribution in [3.63, 3.8) is 0 Å². The monoisotopic (exact) mass is 370 g/mol. The topological polar surface area (TPSA) is 43.1 Å². The van der Waals surface area contributed by atoms with Gasteiger partial charge in [-0.25, -0.2) is 0 Å². The summed E-state index contributed by atoms with van der Waals surface area (Å²) in [6.07, 6.45) is 1.97. The van der Waals surface area contributed by atoms with Gasteiger partial charge in [0.15, 0.2) is 5.82 Å². The number of hydrogen-bond acceptors (Lipinski definition) is 4. The highest BCUT2D eigenvalue weighted by atomic mass is 127. The average molecular weight is 370 g/mol. The SMILES string of the molecule is CCCc1nnc2sc(-c3ccccc3I)nn12. The summed E-state index contributed by atoms with van der Waals surface area (Å²) in [5.74, 6) is 0.945. The molecule has 0 saturated heterocycles. The van der Waals surface area contributed by atoms with Crippen LogP contribution in [0.2, 0.25) is 0 Å². The van der Waals surface area contributed by atoms with E-state index in [0.717, 1.165) is 34.2 Å². The van der Waals surface area contributed by atoms with E-state index in [1.807, 2.05) is 16.6 Å². The van der Waals surface area contributed by atoms with Crippen molar-refractivity contribution in [1.29, 1.82) is 0 Å². The molecule has 0 bridgehead atoms. The van der Waals surface area contributed by atoms with Gasteiger partial charge in [0.1, 0.15) is 5.01 Å². The minimum Gasteiger partial charge on any atom is -0.187 e. The fraction of sp³-hybridized carbons (Fsp3) is 0.250. The molecule has 92 valence electrons. The van der Waals surface area contributed by atoms with Gasteiger partial charge in [-0.3, -0.25) is 0 Å². The number of aryl methyl sites for hydroxylation is 1. The van der Waals surface area contributed by atoms with Crippen molar-refractivity contribution in [3.05, 3.63) is 33.7 Å². The van der Waals surface area contributed by atoms with Gasteiger partial charge in [0.05, 0.1) is 0 Å². The van der Waals surface area contributed by atoms with Gasteiger partial charge in [0.25, 0.3) is 0 Å². The van der Waals surface area contributed by atoms with E-state index >= 15 is 0 Å². The summed E-state index contributed by atoms with van der Waals surface area (Å²) in [5, 5.41) is 14.0. The van der Waals surface area contributed by atoms with Crippen molar-refractivity contribution in [3.8, 4) is 10.6 Å². The molecule has 0 atom stereocenters. The van der Waals surface area contributed by atoms with Gasteiger partial charge in [-0.15, -0.1) is 10.2 Å². The molecule has 0 N–H and O–H groups in total. The number of halogens is 1. The minimum absolute atomic E-state index is 0.869. The highest BCUT2D eigenvalue weighted by Crippen LogP contribution is 2.29. The number of rotatable bonds is 3. The molecular formula is C12H11IN4S. The van der Waals surface area contributed by atoms with Gasteiger partial charge < -0.3 is 0 Å². The molecule has 0 amide bonds. The summed E-state index contributed by atoms with van der Waals surface area (Å²) >= 11 is 3.92. The molecule has 1 aromatic carbocycles. The second-order valence-corrected chi connectivity index (χ2v) is 6.07. The van der Waals surface area contributed by atoms with Crippen LogP contribution in [0.1, 0.15) is 19.2 Å². The number of hydrogen-bond donors (Lipinski definition) is 0.